The summed E-state index contributed by atoms with van der Waals surface area (Å²) in [6.07, 6.45) is 4.44. The van der Waals surface area contributed by atoms with Crippen molar-refractivity contribution in [2.45, 2.75) is 31.5 Å². The van der Waals surface area contributed by atoms with Crippen LogP contribution in [-0.2, 0) is 4.74 Å². The van der Waals surface area contributed by atoms with Gasteiger partial charge in [0.05, 0.1) is 25.4 Å². The molecule has 5 heteroatoms. The molecule has 0 radical (unpaired) electrons. The molecule has 2 rings (SSSR count). The van der Waals surface area contributed by atoms with E-state index in [4.69, 9.17) is 10.5 Å². The molecule has 0 spiro atoms. The van der Waals surface area contributed by atoms with Crippen molar-refractivity contribution >= 4 is 0 Å². The molecule has 19 heavy (non-hydrogen) atoms. The number of rotatable bonds is 5. The molecular weight excluding hydrogens is 242 g/mol. The standard InChI is InChI=1S/C14H23N3O2/c1-2-13(15)14(11-4-3-5-16-8-11)17-6-7-19-12(9-17)10-18/h3-5,8,12-14,18H,2,6-7,9-10,15H2,1H3. The van der Waals surface area contributed by atoms with Gasteiger partial charge in [-0.1, -0.05) is 13.0 Å². The minimum absolute atomic E-state index is 0.0532. The van der Waals surface area contributed by atoms with Crippen LogP contribution in [0.5, 0.6) is 0 Å². The molecule has 3 N–H and O–H groups in total. The van der Waals surface area contributed by atoms with Crippen molar-refractivity contribution in [3.8, 4) is 0 Å². The zero-order chi connectivity index (χ0) is 13.7. The zero-order valence-electron chi connectivity index (χ0n) is 11.4. The van der Waals surface area contributed by atoms with Crippen LogP contribution < -0.4 is 5.73 Å². The Morgan fingerprint density at radius 2 is 2.47 bits per heavy atom. The number of aliphatic hydroxyl groups excluding tert-OH is 1. The largest absolute Gasteiger partial charge is 0.394 e. The molecule has 0 aliphatic carbocycles. The molecule has 0 aromatic carbocycles. The van der Waals surface area contributed by atoms with Gasteiger partial charge in [0.1, 0.15) is 0 Å². The number of pyridine rings is 1. The first-order chi connectivity index (χ1) is 9.26. The topological polar surface area (TPSA) is 71.6 Å². The number of nitrogens with zero attached hydrogens (tertiary/aromatic N) is 2. The van der Waals surface area contributed by atoms with Crippen LogP contribution in [0.1, 0.15) is 24.9 Å². The van der Waals surface area contributed by atoms with Gasteiger partial charge in [-0.3, -0.25) is 9.88 Å². The lowest BCUT2D eigenvalue weighted by Gasteiger charge is -2.40. The average Bonchev–Trinajstić information content (AvgIpc) is 2.48. The first kappa shape index (κ1) is 14.4. The van der Waals surface area contributed by atoms with Gasteiger partial charge < -0.3 is 15.6 Å². The van der Waals surface area contributed by atoms with Crippen molar-refractivity contribution in [3.05, 3.63) is 30.1 Å². The van der Waals surface area contributed by atoms with Gasteiger partial charge in [0.2, 0.25) is 0 Å². The maximum absolute atomic E-state index is 9.26. The number of hydrogen-bond acceptors (Lipinski definition) is 5. The molecule has 3 unspecified atom stereocenters. The molecule has 1 aliphatic heterocycles. The summed E-state index contributed by atoms with van der Waals surface area (Å²) in [6, 6.07) is 4.20. The predicted molar refractivity (Wildman–Crippen MR) is 73.6 cm³/mol. The number of ether oxygens (including phenoxy) is 1. The van der Waals surface area contributed by atoms with Gasteiger partial charge in [-0.25, -0.2) is 0 Å². The van der Waals surface area contributed by atoms with E-state index in [1.807, 2.05) is 12.3 Å². The highest BCUT2D eigenvalue weighted by molar-refractivity contribution is 5.16. The van der Waals surface area contributed by atoms with E-state index in [0.717, 1.165) is 18.5 Å². The summed E-state index contributed by atoms with van der Waals surface area (Å²) in [5, 5.41) is 9.26. The minimum atomic E-state index is -0.114. The monoisotopic (exact) mass is 265 g/mol. The molecule has 1 saturated heterocycles. The van der Waals surface area contributed by atoms with E-state index < -0.39 is 0 Å². The summed E-state index contributed by atoms with van der Waals surface area (Å²) in [5.74, 6) is 0. The van der Waals surface area contributed by atoms with Crippen molar-refractivity contribution in [1.29, 1.82) is 0 Å². The molecule has 3 atom stereocenters. The molecule has 1 aliphatic rings. The van der Waals surface area contributed by atoms with Gasteiger partial charge in [0.15, 0.2) is 0 Å². The summed E-state index contributed by atoms with van der Waals surface area (Å²) in [4.78, 5) is 6.49. The van der Waals surface area contributed by atoms with E-state index in [1.54, 1.807) is 6.20 Å². The molecule has 1 aromatic rings. The Labute approximate surface area is 114 Å². The summed E-state index contributed by atoms with van der Waals surface area (Å²) >= 11 is 0. The van der Waals surface area contributed by atoms with E-state index in [1.165, 1.54) is 0 Å². The summed E-state index contributed by atoms with van der Waals surface area (Å²) in [7, 11) is 0. The Bertz CT molecular complexity index is 374. The Balaban J connectivity index is 2.18. The van der Waals surface area contributed by atoms with Crippen molar-refractivity contribution < 1.29 is 9.84 Å². The van der Waals surface area contributed by atoms with Crippen molar-refractivity contribution in [3.63, 3.8) is 0 Å². The van der Waals surface area contributed by atoms with E-state index in [2.05, 4.69) is 22.9 Å². The Morgan fingerprint density at radius 1 is 1.63 bits per heavy atom. The van der Waals surface area contributed by atoms with Crippen molar-refractivity contribution in [1.82, 2.24) is 9.88 Å². The smallest absolute Gasteiger partial charge is 0.0933 e. The first-order valence-electron chi connectivity index (χ1n) is 6.88. The molecule has 0 bridgehead atoms. The highest BCUT2D eigenvalue weighted by atomic mass is 16.5. The molecule has 0 amide bonds. The third-order valence-corrected chi connectivity index (χ3v) is 3.67. The van der Waals surface area contributed by atoms with Crippen LogP contribution in [0.4, 0.5) is 0 Å². The lowest BCUT2D eigenvalue weighted by atomic mass is 9.97. The second kappa shape index (κ2) is 6.96. The summed E-state index contributed by atoms with van der Waals surface area (Å²) in [6.45, 7) is 4.33. The van der Waals surface area contributed by atoms with E-state index in [-0.39, 0.29) is 24.8 Å². The fourth-order valence-corrected chi connectivity index (χ4v) is 2.61. The van der Waals surface area contributed by atoms with E-state index >= 15 is 0 Å². The third-order valence-electron chi connectivity index (χ3n) is 3.67. The van der Waals surface area contributed by atoms with Gasteiger partial charge in [-0.2, -0.15) is 0 Å². The quantitative estimate of drug-likeness (QED) is 0.813. The van der Waals surface area contributed by atoms with Gasteiger partial charge in [0.25, 0.3) is 0 Å². The second-order valence-electron chi connectivity index (χ2n) is 4.97. The Morgan fingerprint density at radius 3 is 3.11 bits per heavy atom. The number of aromatic nitrogens is 1. The van der Waals surface area contributed by atoms with Crippen LogP contribution in [0.25, 0.3) is 0 Å². The summed E-state index contributed by atoms with van der Waals surface area (Å²) in [5.41, 5.74) is 7.43. The van der Waals surface area contributed by atoms with Gasteiger partial charge in [-0.05, 0) is 18.1 Å². The van der Waals surface area contributed by atoms with Crippen LogP contribution in [-0.4, -0.2) is 53.4 Å². The van der Waals surface area contributed by atoms with Crippen LogP contribution >= 0.6 is 0 Å². The number of hydrogen-bond donors (Lipinski definition) is 2. The van der Waals surface area contributed by atoms with Crippen LogP contribution in [0.2, 0.25) is 0 Å². The van der Waals surface area contributed by atoms with Crippen LogP contribution in [0.3, 0.4) is 0 Å². The SMILES string of the molecule is CCC(N)C(c1cccnc1)N1CCOC(CO)C1. The molecule has 2 heterocycles. The Hall–Kier alpha value is -1.01. The molecule has 5 nitrogen and oxygen atoms in total. The average molecular weight is 265 g/mol. The highest BCUT2D eigenvalue weighted by Gasteiger charge is 2.30. The lowest BCUT2D eigenvalue weighted by molar-refractivity contribution is -0.0683. The maximum atomic E-state index is 9.26. The zero-order valence-corrected chi connectivity index (χ0v) is 11.4. The molecule has 1 fully saturated rings. The number of nitrogens with two attached hydrogens (primary N) is 1. The van der Waals surface area contributed by atoms with Gasteiger partial charge in [0, 0.05) is 31.5 Å². The Kier molecular flexibility index (Phi) is 5.27. The van der Waals surface area contributed by atoms with Gasteiger partial charge in [-0.15, -0.1) is 0 Å². The lowest BCUT2D eigenvalue weighted by Crippen LogP contribution is -2.50. The summed E-state index contributed by atoms with van der Waals surface area (Å²) < 4.78 is 5.51. The van der Waals surface area contributed by atoms with Crippen LogP contribution in [0, 0.1) is 0 Å². The second-order valence-corrected chi connectivity index (χ2v) is 4.97. The van der Waals surface area contributed by atoms with E-state index in [0.29, 0.717) is 13.2 Å². The fraction of sp³-hybridized carbons (Fsp3) is 0.643. The third kappa shape index (κ3) is 3.51. The minimum Gasteiger partial charge on any atom is -0.394 e. The number of aliphatic hydroxyl groups is 1. The number of morpholine rings is 1. The molecular formula is C14H23N3O2. The normalized spacial score (nSPS) is 24.1. The van der Waals surface area contributed by atoms with Crippen molar-refractivity contribution in [2.24, 2.45) is 5.73 Å². The van der Waals surface area contributed by atoms with E-state index in [9.17, 15) is 5.11 Å². The van der Waals surface area contributed by atoms with Gasteiger partial charge >= 0.3 is 0 Å². The molecule has 1 aromatic heterocycles. The fourth-order valence-electron chi connectivity index (χ4n) is 2.61. The highest BCUT2D eigenvalue weighted by Crippen LogP contribution is 2.26. The first-order valence-corrected chi connectivity index (χ1v) is 6.88. The van der Waals surface area contributed by atoms with Crippen LogP contribution in [0.15, 0.2) is 24.5 Å². The molecule has 0 saturated carbocycles. The molecule has 106 valence electrons. The maximum Gasteiger partial charge on any atom is 0.0933 e. The van der Waals surface area contributed by atoms with Crippen molar-refractivity contribution in [2.75, 3.05) is 26.3 Å². The predicted octanol–water partition coefficient (Wildman–Crippen LogP) is 0.553.